The van der Waals surface area contributed by atoms with Crippen LogP contribution in [0.3, 0.4) is 0 Å². The van der Waals surface area contributed by atoms with E-state index >= 15 is 0 Å². The normalized spacial score (nSPS) is 13.1. The first-order valence-corrected chi connectivity index (χ1v) is 23.6. The van der Waals surface area contributed by atoms with E-state index in [1.54, 1.807) is 21.1 Å². The highest BCUT2D eigenvalue weighted by Crippen LogP contribution is 2.14. The number of aliphatic carboxylic acids is 2. The van der Waals surface area contributed by atoms with Gasteiger partial charge in [0.25, 0.3) is 0 Å². The Morgan fingerprint density at radius 2 is 0.787 bits per heavy atom. The molecule has 0 bridgehead atoms. The second-order valence-corrected chi connectivity index (χ2v) is 16.6. The van der Waals surface area contributed by atoms with Gasteiger partial charge in [-0.3, -0.25) is 28.8 Å². The van der Waals surface area contributed by atoms with Gasteiger partial charge in [-0.2, -0.15) is 0 Å². The molecule has 0 saturated heterocycles. The maximum Gasteiger partial charge on any atom is 0.326 e. The van der Waals surface area contributed by atoms with E-state index in [2.05, 4.69) is 49.8 Å². The van der Waals surface area contributed by atoms with Gasteiger partial charge in [0.05, 0.1) is 18.1 Å². The summed E-state index contributed by atoms with van der Waals surface area (Å²) in [4.78, 5) is 83.7. The molecule has 0 aromatic rings. The van der Waals surface area contributed by atoms with E-state index in [0.29, 0.717) is 58.2 Å². The Bertz CT molecular complexity index is 1230. The number of carboxylic acids is 2. The van der Waals surface area contributed by atoms with Crippen molar-refractivity contribution in [3.05, 3.63) is 0 Å². The first-order valence-electron chi connectivity index (χ1n) is 23.2. The summed E-state index contributed by atoms with van der Waals surface area (Å²) in [6.07, 6.45) is 21.9. The first-order chi connectivity index (χ1) is 29.4. The third-order valence-electron chi connectivity index (χ3n) is 11.0. The van der Waals surface area contributed by atoms with Gasteiger partial charge in [0.15, 0.2) is 0 Å². The van der Waals surface area contributed by atoms with Crippen molar-refractivity contribution >= 4 is 53.3 Å². The average molecular weight is 886 g/mol. The molecule has 0 fully saturated rings. The predicted molar refractivity (Wildman–Crippen MR) is 243 cm³/mol. The lowest BCUT2D eigenvalue weighted by Crippen LogP contribution is -2.43. The molecule has 0 aromatic carbocycles. The van der Waals surface area contributed by atoms with Gasteiger partial charge < -0.3 is 47.4 Å². The molecule has 4 amide bonds. The first kappa shape index (κ1) is 57.7. The van der Waals surface area contributed by atoms with Gasteiger partial charge in [-0.1, -0.05) is 77.0 Å². The number of nitrogens with one attached hydrogen (secondary N) is 7. The van der Waals surface area contributed by atoms with E-state index in [0.717, 1.165) is 64.2 Å². The fourth-order valence-corrected chi connectivity index (χ4v) is 7.35. The molecule has 0 saturated carbocycles. The summed E-state index contributed by atoms with van der Waals surface area (Å²) in [6.45, 7) is 1.42. The topological polar surface area (TPSA) is 244 Å². The Balaban J connectivity index is 4.02. The van der Waals surface area contributed by atoms with E-state index in [1.165, 1.54) is 44.9 Å². The van der Waals surface area contributed by atoms with Gasteiger partial charge in [0, 0.05) is 38.9 Å². The molecule has 9 N–H and O–H groups in total. The van der Waals surface area contributed by atoms with Crippen molar-refractivity contribution in [2.45, 2.75) is 198 Å². The molecule has 0 rings (SSSR count). The number of carbonyl (C=O) groups is 7. The summed E-state index contributed by atoms with van der Waals surface area (Å²) in [5.41, 5.74) is 0. The van der Waals surface area contributed by atoms with Crippen molar-refractivity contribution in [2.24, 2.45) is 0 Å². The second-order valence-electron chi connectivity index (χ2n) is 16.1. The van der Waals surface area contributed by atoms with Gasteiger partial charge >= 0.3 is 11.9 Å². The molecule has 0 aliphatic carbocycles. The number of carboxylic acid groups (broad SMARTS) is 2. The van der Waals surface area contributed by atoms with Crippen molar-refractivity contribution < 1.29 is 43.8 Å². The molecule has 3 unspecified atom stereocenters. The van der Waals surface area contributed by atoms with Crippen molar-refractivity contribution in [1.29, 1.82) is 0 Å². The minimum Gasteiger partial charge on any atom is -0.481 e. The number of hydrogen-bond donors (Lipinski definition) is 10. The summed E-state index contributed by atoms with van der Waals surface area (Å²) in [7, 11) is 5.20. The van der Waals surface area contributed by atoms with E-state index in [4.69, 9.17) is 5.11 Å². The maximum absolute atomic E-state index is 12.7. The van der Waals surface area contributed by atoms with Gasteiger partial charge in [-0.05, 0) is 98.2 Å². The molecule has 0 aliphatic rings. The Morgan fingerprint density at radius 1 is 0.410 bits per heavy atom. The highest BCUT2D eigenvalue weighted by Gasteiger charge is 2.21. The van der Waals surface area contributed by atoms with E-state index in [-0.39, 0.29) is 72.6 Å². The number of rotatable bonds is 43. The summed E-state index contributed by atoms with van der Waals surface area (Å²) < 4.78 is 0. The van der Waals surface area contributed by atoms with Crippen LogP contribution in [0.25, 0.3) is 0 Å². The largest absolute Gasteiger partial charge is 0.481 e. The van der Waals surface area contributed by atoms with E-state index in [1.807, 2.05) is 0 Å². The zero-order valence-corrected chi connectivity index (χ0v) is 38.6. The number of amides is 4. The number of hydrogen-bond acceptors (Lipinski definition) is 10. The molecule has 0 spiro atoms. The molecular formula is C44H83N7O9S. The lowest BCUT2D eigenvalue weighted by Gasteiger charge is -2.18. The van der Waals surface area contributed by atoms with Crippen LogP contribution in [0.5, 0.6) is 0 Å². The Kier molecular flexibility index (Phi) is 37.4. The molecular weight excluding hydrogens is 803 g/mol. The van der Waals surface area contributed by atoms with Crippen molar-refractivity contribution in [3.63, 3.8) is 0 Å². The van der Waals surface area contributed by atoms with Crippen molar-refractivity contribution in [1.82, 2.24) is 37.2 Å². The van der Waals surface area contributed by atoms with Crippen LogP contribution in [0, 0.1) is 0 Å². The van der Waals surface area contributed by atoms with Crippen LogP contribution in [-0.4, -0.2) is 116 Å². The lowest BCUT2D eigenvalue weighted by molar-refractivity contribution is -0.142. The Hall–Kier alpha value is -3.28. The quantitative estimate of drug-likeness (QED) is 0.0295. The van der Waals surface area contributed by atoms with Crippen LogP contribution in [0.4, 0.5) is 0 Å². The fraction of sp³-hybridized carbons (Fsp3) is 0.841. The molecule has 0 radical (unpaired) electrons. The highest BCUT2D eigenvalue weighted by atomic mass is 32.1. The number of carbonyl (C=O) groups excluding carboxylic acids is 5. The lowest BCUT2D eigenvalue weighted by atomic mass is 10.0. The second kappa shape index (κ2) is 39.6. The zero-order chi connectivity index (χ0) is 45.5. The molecule has 354 valence electrons. The Labute approximate surface area is 371 Å². The number of likely N-dealkylation sites (N-methyl/N-ethyl adjacent to an activating group) is 3. The average Bonchev–Trinajstić information content (AvgIpc) is 3.22. The van der Waals surface area contributed by atoms with E-state index in [9.17, 15) is 38.7 Å². The fourth-order valence-electron chi connectivity index (χ4n) is 7.09. The molecule has 4 atom stereocenters. The van der Waals surface area contributed by atoms with Crippen LogP contribution in [-0.2, 0) is 33.6 Å². The van der Waals surface area contributed by atoms with Gasteiger partial charge in [-0.25, -0.2) is 4.79 Å². The van der Waals surface area contributed by atoms with Gasteiger partial charge in [0.1, 0.15) is 6.04 Å². The molecule has 17 heteroatoms. The summed E-state index contributed by atoms with van der Waals surface area (Å²) >= 11 is 3.87. The number of thiol groups is 1. The zero-order valence-electron chi connectivity index (χ0n) is 37.7. The summed E-state index contributed by atoms with van der Waals surface area (Å²) in [5, 5.41) is 38.4. The van der Waals surface area contributed by atoms with Crippen LogP contribution < -0.4 is 37.2 Å². The summed E-state index contributed by atoms with van der Waals surface area (Å²) in [5.74, 6) is -2.65. The standard InChI is InChI=1S/C44H83N7O9S/c1-45-34(41(56)49-32-22-19-25-35(46-2)42(57)50-33-23-20-26-37(47-3)44(60)61)24-18-21-31-48-38(52)30-29-36(43(58)59)51-39(53)27-16-14-12-10-8-6-4-5-7-9-11-13-15-17-28-40(54)55/h34-37,45-47H,4-33H2,1-3H3,(H,48,52)(H,49,56)(H,50,57)(H,51,53)(H,54,55)(H,58,59)(H,60,61)/t34-,35?,36?,37?/m0/s1. The van der Waals surface area contributed by atoms with E-state index < -0.39 is 18.0 Å². The molecule has 0 aromatic heterocycles. The molecule has 0 heterocycles. The highest BCUT2D eigenvalue weighted by molar-refractivity contribution is 7.96. The van der Waals surface area contributed by atoms with Gasteiger partial charge in [0.2, 0.25) is 28.7 Å². The van der Waals surface area contributed by atoms with Crippen LogP contribution in [0.15, 0.2) is 0 Å². The predicted octanol–water partition coefficient (Wildman–Crippen LogP) is 4.74. The summed E-state index contributed by atoms with van der Waals surface area (Å²) in [6, 6.07) is -2.11. The molecule has 61 heavy (non-hydrogen) atoms. The monoisotopic (exact) mass is 886 g/mol. The molecule has 16 nitrogen and oxygen atoms in total. The SMILES string of the molecule is CNC(CCCCNC(=O)C(CCCCNC(=O)[C@H](CCCCNC(=O)CCC(NC(=O)CCCCCCCCCCCCCCCCC(=O)O)C(=O)O)NC)NC)C(=O)S. The maximum atomic E-state index is 12.7. The minimum atomic E-state index is -1.16. The van der Waals surface area contributed by atoms with Gasteiger partial charge in [-0.15, -0.1) is 12.6 Å². The minimum absolute atomic E-state index is 0.00430. The van der Waals surface area contributed by atoms with Crippen LogP contribution in [0.1, 0.15) is 173 Å². The van der Waals surface area contributed by atoms with Crippen molar-refractivity contribution in [3.8, 4) is 0 Å². The van der Waals surface area contributed by atoms with Crippen LogP contribution >= 0.6 is 12.6 Å². The smallest absolute Gasteiger partial charge is 0.326 e. The number of unbranched alkanes of at least 4 members (excludes halogenated alkanes) is 16. The third kappa shape index (κ3) is 34.0. The Morgan fingerprint density at radius 3 is 1.16 bits per heavy atom. The third-order valence-corrected chi connectivity index (χ3v) is 11.3. The van der Waals surface area contributed by atoms with Crippen molar-refractivity contribution in [2.75, 3.05) is 40.8 Å². The van der Waals surface area contributed by atoms with Crippen LogP contribution in [0.2, 0.25) is 0 Å². The molecule has 0 aliphatic heterocycles.